The van der Waals surface area contributed by atoms with Crippen molar-refractivity contribution >= 4 is 20.0 Å². The Labute approximate surface area is 122 Å². The van der Waals surface area contributed by atoms with Crippen LogP contribution in [0.25, 0.3) is 0 Å². The van der Waals surface area contributed by atoms with Crippen LogP contribution >= 0.6 is 0 Å². The van der Waals surface area contributed by atoms with Gasteiger partial charge in [-0.2, -0.15) is 0 Å². The molecule has 2 rings (SSSR count). The van der Waals surface area contributed by atoms with E-state index in [9.17, 15) is 4.79 Å². The summed E-state index contributed by atoms with van der Waals surface area (Å²) in [6, 6.07) is 19.7. The Kier molecular flexibility index (Phi) is 5.13. The van der Waals surface area contributed by atoms with Gasteiger partial charge in [0.05, 0.1) is 8.80 Å². The summed E-state index contributed by atoms with van der Waals surface area (Å²) in [5.41, 5.74) is 1.29. The summed E-state index contributed by atoms with van der Waals surface area (Å²) < 4.78 is 5.03. The molecule has 0 aliphatic heterocycles. The van der Waals surface area contributed by atoms with E-state index in [1.54, 1.807) is 0 Å². The van der Waals surface area contributed by atoms with E-state index in [0.29, 0.717) is 5.75 Å². The molecule has 20 heavy (non-hydrogen) atoms. The van der Waals surface area contributed by atoms with Gasteiger partial charge >= 0.3 is 5.97 Å². The number of hydrogen-bond donors (Lipinski definition) is 0. The highest BCUT2D eigenvalue weighted by molar-refractivity contribution is 6.72. The molecule has 0 atom stereocenters. The molecule has 0 aliphatic rings. The standard InChI is InChI=1S/C17H19O2Si/c1-14(18)19-16-10-8-15(9-11-16)12-13-20(2)17-6-4-3-5-7-17/h3-11H,12-13H2,1-2H3. The van der Waals surface area contributed by atoms with Gasteiger partial charge in [0.1, 0.15) is 5.75 Å². The molecule has 0 bridgehead atoms. The average Bonchev–Trinajstić information content (AvgIpc) is 2.46. The molecule has 0 saturated carbocycles. The topological polar surface area (TPSA) is 26.3 Å². The van der Waals surface area contributed by atoms with Crippen LogP contribution in [-0.4, -0.2) is 14.8 Å². The summed E-state index contributed by atoms with van der Waals surface area (Å²) in [6.07, 6.45) is 1.07. The molecular weight excluding hydrogens is 264 g/mol. The lowest BCUT2D eigenvalue weighted by Gasteiger charge is -2.10. The van der Waals surface area contributed by atoms with Gasteiger partial charge in [-0.05, 0) is 24.1 Å². The molecule has 2 aromatic rings. The second-order valence-corrected chi connectivity index (χ2v) is 7.52. The van der Waals surface area contributed by atoms with E-state index >= 15 is 0 Å². The molecule has 0 N–H and O–H groups in total. The van der Waals surface area contributed by atoms with Crippen molar-refractivity contribution in [2.45, 2.75) is 25.9 Å². The normalized spacial score (nSPS) is 10.6. The number of hydrogen-bond acceptors (Lipinski definition) is 2. The third kappa shape index (κ3) is 4.35. The van der Waals surface area contributed by atoms with Crippen molar-refractivity contribution in [3.8, 4) is 5.75 Å². The molecule has 3 heteroatoms. The van der Waals surface area contributed by atoms with Crippen molar-refractivity contribution in [3.63, 3.8) is 0 Å². The number of ether oxygens (including phenoxy) is 1. The highest BCUT2D eigenvalue weighted by atomic mass is 28.3. The van der Waals surface area contributed by atoms with Gasteiger partial charge in [-0.3, -0.25) is 4.79 Å². The van der Waals surface area contributed by atoms with Gasteiger partial charge in [0.25, 0.3) is 0 Å². The number of esters is 1. The molecule has 2 nitrogen and oxygen atoms in total. The molecule has 0 unspecified atom stereocenters. The lowest BCUT2D eigenvalue weighted by atomic mass is 10.2. The highest BCUT2D eigenvalue weighted by Crippen LogP contribution is 2.14. The maximum atomic E-state index is 10.9. The summed E-state index contributed by atoms with van der Waals surface area (Å²) >= 11 is 0. The summed E-state index contributed by atoms with van der Waals surface area (Å²) in [5.74, 6) is 0.340. The third-order valence-electron chi connectivity index (χ3n) is 3.24. The van der Waals surface area contributed by atoms with Crippen LogP contribution in [-0.2, 0) is 11.2 Å². The van der Waals surface area contributed by atoms with Crippen molar-refractivity contribution in [2.75, 3.05) is 0 Å². The Hall–Kier alpha value is -1.87. The molecule has 103 valence electrons. The second-order valence-electron chi connectivity index (χ2n) is 4.88. The summed E-state index contributed by atoms with van der Waals surface area (Å²) in [5, 5.41) is 1.48. The van der Waals surface area contributed by atoms with Gasteiger partial charge in [0.2, 0.25) is 0 Å². The maximum Gasteiger partial charge on any atom is 0.308 e. The summed E-state index contributed by atoms with van der Waals surface area (Å²) in [7, 11) is -0.479. The molecular formula is C17H19O2Si. The van der Waals surface area contributed by atoms with Gasteiger partial charge < -0.3 is 4.74 Å². The first-order valence-electron chi connectivity index (χ1n) is 6.80. The minimum atomic E-state index is -0.479. The van der Waals surface area contributed by atoms with Crippen LogP contribution in [0.2, 0.25) is 12.6 Å². The predicted molar refractivity (Wildman–Crippen MR) is 84.0 cm³/mol. The minimum absolute atomic E-state index is 0.277. The van der Waals surface area contributed by atoms with E-state index in [4.69, 9.17) is 4.74 Å². The number of aryl methyl sites for hydroxylation is 1. The van der Waals surface area contributed by atoms with E-state index < -0.39 is 8.80 Å². The molecule has 0 fully saturated rings. The van der Waals surface area contributed by atoms with Crippen molar-refractivity contribution in [1.29, 1.82) is 0 Å². The largest absolute Gasteiger partial charge is 0.427 e. The Morgan fingerprint density at radius 3 is 2.30 bits per heavy atom. The SMILES string of the molecule is CC(=O)Oc1ccc(CC[Si](C)c2ccccc2)cc1. The van der Waals surface area contributed by atoms with E-state index in [1.807, 2.05) is 24.3 Å². The van der Waals surface area contributed by atoms with Crippen molar-refractivity contribution < 1.29 is 9.53 Å². The lowest BCUT2D eigenvalue weighted by Crippen LogP contribution is -2.26. The molecule has 0 spiro atoms. The number of carbonyl (C=O) groups excluding carboxylic acids is 1. The number of carbonyl (C=O) groups is 1. The van der Waals surface area contributed by atoms with Crippen LogP contribution in [0.4, 0.5) is 0 Å². The van der Waals surface area contributed by atoms with E-state index in [0.717, 1.165) is 6.42 Å². The van der Waals surface area contributed by atoms with Crippen molar-refractivity contribution in [2.24, 2.45) is 0 Å². The Balaban J connectivity index is 1.89. The molecule has 2 aromatic carbocycles. The molecule has 0 heterocycles. The monoisotopic (exact) mass is 283 g/mol. The predicted octanol–water partition coefficient (Wildman–Crippen LogP) is 3.19. The molecule has 1 radical (unpaired) electrons. The van der Waals surface area contributed by atoms with Gasteiger partial charge in [0.15, 0.2) is 0 Å². The first-order chi connectivity index (χ1) is 9.65. The van der Waals surface area contributed by atoms with Crippen molar-refractivity contribution in [3.05, 3.63) is 60.2 Å². The van der Waals surface area contributed by atoms with Crippen LogP contribution in [0.15, 0.2) is 54.6 Å². The zero-order chi connectivity index (χ0) is 14.4. The molecule has 0 saturated heterocycles. The van der Waals surface area contributed by atoms with E-state index in [1.165, 1.54) is 23.7 Å². The fraction of sp³-hybridized carbons (Fsp3) is 0.235. The highest BCUT2D eigenvalue weighted by Gasteiger charge is 2.07. The average molecular weight is 283 g/mol. The Morgan fingerprint density at radius 2 is 1.70 bits per heavy atom. The number of benzene rings is 2. The van der Waals surface area contributed by atoms with Crippen LogP contribution in [0.1, 0.15) is 12.5 Å². The maximum absolute atomic E-state index is 10.9. The van der Waals surface area contributed by atoms with Gasteiger partial charge in [-0.25, -0.2) is 0 Å². The van der Waals surface area contributed by atoms with Crippen molar-refractivity contribution in [1.82, 2.24) is 0 Å². The summed E-state index contributed by atoms with van der Waals surface area (Å²) in [6.45, 7) is 3.77. The summed E-state index contributed by atoms with van der Waals surface area (Å²) in [4.78, 5) is 10.9. The number of rotatable bonds is 5. The molecule has 0 aliphatic carbocycles. The van der Waals surface area contributed by atoms with Gasteiger partial charge in [0, 0.05) is 6.92 Å². The van der Waals surface area contributed by atoms with Crippen LogP contribution < -0.4 is 9.92 Å². The first-order valence-corrected chi connectivity index (χ1v) is 9.01. The fourth-order valence-corrected chi connectivity index (χ4v) is 3.80. The zero-order valence-electron chi connectivity index (χ0n) is 11.9. The third-order valence-corrected chi connectivity index (χ3v) is 5.56. The van der Waals surface area contributed by atoms with Gasteiger partial charge in [-0.15, -0.1) is 0 Å². The van der Waals surface area contributed by atoms with E-state index in [2.05, 4.69) is 36.9 Å². The van der Waals surface area contributed by atoms with Crippen LogP contribution in [0.5, 0.6) is 5.75 Å². The zero-order valence-corrected chi connectivity index (χ0v) is 12.9. The van der Waals surface area contributed by atoms with Crippen LogP contribution in [0.3, 0.4) is 0 Å². The fourth-order valence-electron chi connectivity index (χ4n) is 2.09. The lowest BCUT2D eigenvalue weighted by molar-refractivity contribution is -0.131. The van der Waals surface area contributed by atoms with E-state index in [-0.39, 0.29) is 5.97 Å². The first kappa shape index (κ1) is 14.5. The Morgan fingerprint density at radius 1 is 1.05 bits per heavy atom. The van der Waals surface area contributed by atoms with Crippen LogP contribution in [0, 0.1) is 0 Å². The smallest absolute Gasteiger partial charge is 0.308 e. The minimum Gasteiger partial charge on any atom is -0.427 e. The second kappa shape index (κ2) is 7.06. The molecule has 0 amide bonds. The quantitative estimate of drug-likeness (QED) is 0.478. The Bertz CT molecular complexity index is 549. The molecule has 0 aromatic heterocycles. The van der Waals surface area contributed by atoms with Gasteiger partial charge in [-0.1, -0.05) is 60.2 Å².